The number of hydrogen-bond donors (Lipinski definition) is 1. The van der Waals surface area contributed by atoms with Crippen molar-refractivity contribution in [3.8, 4) is 11.5 Å². The van der Waals surface area contributed by atoms with Crippen LogP contribution in [0.5, 0.6) is 11.5 Å². The molecule has 2 N–H and O–H groups in total. The number of H-pyrrole nitrogens is 1. The van der Waals surface area contributed by atoms with Crippen LogP contribution in [0.25, 0.3) is 0 Å². The largest absolute Gasteiger partial charge is 0.490 e. The van der Waals surface area contributed by atoms with Crippen LogP contribution in [-0.4, -0.2) is 24.7 Å². The maximum atomic E-state index is 11.0. The van der Waals surface area contributed by atoms with E-state index in [2.05, 4.69) is 10.3 Å². The average Bonchev–Trinajstić information content (AvgIpc) is 2.58. The first-order chi connectivity index (χ1) is 11.7. The number of benzene rings is 1. The average molecular weight is 332 g/mol. The molecule has 0 aliphatic heterocycles. The highest BCUT2D eigenvalue weighted by molar-refractivity contribution is 5.51. The van der Waals surface area contributed by atoms with Gasteiger partial charge in [0, 0.05) is 12.5 Å². The summed E-state index contributed by atoms with van der Waals surface area (Å²) in [7, 11) is 0. The quantitative estimate of drug-likeness (QED) is 0.563. The topological polar surface area (TPSA) is 87.8 Å². The maximum absolute atomic E-state index is 11.0. The number of rotatable bonds is 9. The first-order valence-electron chi connectivity index (χ1n) is 7.93. The summed E-state index contributed by atoms with van der Waals surface area (Å²) in [6.07, 6.45) is 2.35. The third-order valence-corrected chi connectivity index (χ3v) is 3.35. The van der Waals surface area contributed by atoms with Gasteiger partial charge in [0.05, 0.1) is 30.9 Å². The molecule has 0 unspecified atom stereocenters. The molecule has 0 aliphatic carbocycles. The lowest BCUT2D eigenvalue weighted by atomic mass is 10.1. The van der Waals surface area contributed by atoms with Crippen molar-refractivity contribution in [1.29, 1.82) is 0 Å². The highest BCUT2D eigenvalue weighted by Crippen LogP contribution is 2.28. The fraction of sp³-hybridized carbons (Fsp3) is 0.353. The number of aromatic amines is 1. The molecular formula is C17H22N3O4+. The first-order valence-corrected chi connectivity index (χ1v) is 7.93. The number of pyridine rings is 1. The predicted molar refractivity (Wildman–Crippen MR) is 90.6 cm³/mol. The Bertz CT molecular complexity index is 691. The van der Waals surface area contributed by atoms with E-state index in [-0.39, 0.29) is 5.69 Å². The van der Waals surface area contributed by atoms with Crippen LogP contribution < -0.4 is 19.8 Å². The van der Waals surface area contributed by atoms with E-state index >= 15 is 0 Å². The van der Waals surface area contributed by atoms with E-state index in [4.69, 9.17) is 9.47 Å². The molecule has 7 heteroatoms. The van der Waals surface area contributed by atoms with Gasteiger partial charge in [-0.1, -0.05) is 6.07 Å². The smallest absolute Gasteiger partial charge is 0.357 e. The van der Waals surface area contributed by atoms with Crippen molar-refractivity contribution in [1.82, 2.24) is 0 Å². The molecule has 0 saturated heterocycles. The summed E-state index contributed by atoms with van der Waals surface area (Å²) in [5.41, 5.74) is 1.09. The van der Waals surface area contributed by atoms with Crippen LogP contribution in [0.3, 0.4) is 0 Å². The van der Waals surface area contributed by atoms with Gasteiger partial charge >= 0.3 is 11.5 Å². The van der Waals surface area contributed by atoms with Gasteiger partial charge in [-0.3, -0.25) is 15.4 Å². The summed E-state index contributed by atoms with van der Waals surface area (Å²) in [6.45, 7) is 5.55. The SMILES string of the molecule is CCOc1ccc(CCNc2[nH+]cccc2[N+](=O)[O-])cc1OCC. The molecule has 1 heterocycles. The van der Waals surface area contributed by atoms with Gasteiger partial charge in [0.25, 0.3) is 0 Å². The van der Waals surface area contributed by atoms with Crippen LogP contribution in [-0.2, 0) is 6.42 Å². The highest BCUT2D eigenvalue weighted by Gasteiger charge is 2.19. The van der Waals surface area contributed by atoms with Gasteiger partial charge in [0.1, 0.15) is 0 Å². The molecule has 0 aliphatic rings. The van der Waals surface area contributed by atoms with Crippen molar-refractivity contribution >= 4 is 11.5 Å². The van der Waals surface area contributed by atoms with E-state index in [0.717, 1.165) is 11.3 Å². The Balaban J connectivity index is 2.02. The number of nitrogens with zero attached hydrogens (tertiary/aromatic N) is 1. The number of nitro groups is 1. The lowest BCUT2D eigenvalue weighted by Gasteiger charge is -2.12. The Morgan fingerprint density at radius 2 is 1.92 bits per heavy atom. The molecule has 2 rings (SSSR count). The summed E-state index contributed by atoms with van der Waals surface area (Å²) in [5, 5.41) is 14.1. The van der Waals surface area contributed by atoms with Gasteiger partial charge in [-0.15, -0.1) is 0 Å². The van der Waals surface area contributed by atoms with Crippen LogP contribution in [0.15, 0.2) is 36.5 Å². The van der Waals surface area contributed by atoms with Gasteiger partial charge < -0.3 is 9.47 Å². The number of ether oxygens (including phenoxy) is 2. The van der Waals surface area contributed by atoms with E-state index in [9.17, 15) is 10.1 Å². The van der Waals surface area contributed by atoms with Gasteiger partial charge in [-0.05, 0) is 37.6 Å². The Morgan fingerprint density at radius 3 is 2.62 bits per heavy atom. The molecule has 0 amide bonds. The van der Waals surface area contributed by atoms with E-state index in [1.165, 1.54) is 6.07 Å². The van der Waals surface area contributed by atoms with Crippen molar-refractivity contribution in [3.63, 3.8) is 0 Å². The van der Waals surface area contributed by atoms with E-state index in [0.29, 0.717) is 37.7 Å². The normalized spacial score (nSPS) is 10.2. The summed E-state index contributed by atoms with van der Waals surface area (Å²) >= 11 is 0. The third kappa shape index (κ3) is 4.58. The fourth-order valence-electron chi connectivity index (χ4n) is 2.30. The monoisotopic (exact) mass is 332 g/mol. The number of hydrogen-bond acceptors (Lipinski definition) is 5. The Hall–Kier alpha value is -2.83. The summed E-state index contributed by atoms with van der Waals surface area (Å²) in [4.78, 5) is 13.4. The summed E-state index contributed by atoms with van der Waals surface area (Å²) < 4.78 is 11.1. The van der Waals surface area contributed by atoms with Crippen molar-refractivity contribution in [2.45, 2.75) is 20.3 Å². The van der Waals surface area contributed by atoms with E-state index in [1.54, 1.807) is 12.3 Å². The molecule has 0 spiro atoms. The minimum absolute atomic E-state index is 0.0270. The number of nitrogens with one attached hydrogen (secondary N) is 2. The van der Waals surface area contributed by atoms with Crippen molar-refractivity contribution in [2.75, 3.05) is 25.1 Å². The van der Waals surface area contributed by atoms with Crippen molar-refractivity contribution in [3.05, 3.63) is 52.2 Å². The Labute approximate surface area is 140 Å². The molecule has 0 radical (unpaired) electrons. The third-order valence-electron chi connectivity index (χ3n) is 3.35. The number of anilines is 1. The van der Waals surface area contributed by atoms with Crippen molar-refractivity contribution < 1.29 is 19.4 Å². The minimum atomic E-state index is -0.414. The molecule has 24 heavy (non-hydrogen) atoms. The second kappa shape index (κ2) is 8.71. The van der Waals surface area contributed by atoms with Crippen molar-refractivity contribution in [2.24, 2.45) is 0 Å². The number of aromatic nitrogens is 1. The van der Waals surface area contributed by atoms with E-state index in [1.807, 2.05) is 32.0 Å². The second-order valence-electron chi connectivity index (χ2n) is 5.01. The first kappa shape index (κ1) is 17.5. The molecule has 0 fully saturated rings. The Kier molecular flexibility index (Phi) is 6.36. The molecule has 0 atom stereocenters. The zero-order valence-electron chi connectivity index (χ0n) is 13.9. The standard InChI is InChI=1S/C17H21N3O4/c1-3-23-15-8-7-13(12-16(15)24-4-2)9-11-19-17-14(20(21)22)6-5-10-18-17/h5-8,10,12H,3-4,9,11H2,1-2H3,(H,18,19)/p+1. The second-order valence-corrected chi connectivity index (χ2v) is 5.01. The van der Waals surface area contributed by atoms with Crippen LogP contribution in [0.2, 0.25) is 0 Å². The van der Waals surface area contributed by atoms with E-state index < -0.39 is 4.92 Å². The molecule has 128 valence electrons. The zero-order valence-corrected chi connectivity index (χ0v) is 13.9. The van der Waals surface area contributed by atoms with Gasteiger partial charge in [-0.25, -0.2) is 4.98 Å². The summed E-state index contributed by atoms with van der Waals surface area (Å²) in [5.74, 6) is 1.84. The highest BCUT2D eigenvalue weighted by atomic mass is 16.6. The zero-order chi connectivity index (χ0) is 17.4. The van der Waals surface area contributed by atoms with Crippen LogP contribution in [0.1, 0.15) is 19.4 Å². The predicted octanol–water partition coefficient (Wildman–Crippen LogP) is 2.86. The maximum Gasteiger partial charge on any atom is 0.357 e. The lowest BCUT2D eigenvalue weighted by molar-refractivity contribution is -0.409. The Morgan fingerprint density at radius 1 is 1.17 bits per heavy atom. The van der Waals surface area contributed by atoms with Gasteiger partial charge in [-0.2, -0.15) is 0 Å². The van der Waals surface area contributed by atoms with Gasteiger partial charge in [0.2, 0.25) is 0 Å². The van der Waals surface area contributed by atoms with Crippen LogP contribution in [0, 0.1) is 10.1 Å². The van der Waals surface area contributed by atoms with Crippen LogP contribution >= 0.6 is 0 Å². The molecule has 1 aromatic carbocycles. The van der Waals surface area contributed by atoms with Crippen LogP contribution in [0.4, 0.5) is 11.5 Å². The molecule has 1 aromatic heterocycles. The summed E-state index contributed by atoms with van der Waals surface area (Å²) in [6, 6.07) is 8.87. The van der Waals surface area contributed by atoms with Gasteiger partial charge in [0.15, 0.2) is 11.5 Å². The molecule has 0 saturated carbocycles. The molecule has 2 aromatic rings. The minimum Gasteiger partial charge on any atom is -0.490 e. The lowest BCUT2D eigenvalue weighted by Crippen LogP contribution is -2.16. The molecular weight excluding hydrogens is 310 g/mol. The molecule has 0 bridgehead atoms. The molecule has 7 nitrogen and oxygen atoms in total. The fourth-order valence-corrected chi connectivity index (χ4v) is 2.30.